The molecule has 0 unspecified atom stereocenters. The standard InChI is InChI=1S/C55H54O7Si2/c1-7-51(56)60-35-13-37-63(3,4)45-31-23-40(24-32-45)53(58)39-19-25-42(26-20-39)55(49-17-11-9-15-47(49)48-16-10-12-18-50(48)55)43-27-21-41(22-28-43)54(59)62-44-29-33-46(34-30-44)64(5,6)38-14-36-61-52(57)8-2/h7-12,15-34H,1-2,13-14,35-38H2,3-6H3. The zero-order valence-electron chi connectivity index (χ0n) is 37.0. The zero-order valence-corrected chi connectivity index (χ0v) is 39.0. The topological polar surface area (TPSA) is 96.0 Å². The third-order valence-corrected chi connectivity index (χ3v) is 19.6. The molecule has 0 heterocycles. The molecule has 7 nitrogen and oxygen atoms in total. The average molecular weight is 883 g/mol. The SMILES string of the molecule is C=CC(=O)OCCC[Si](C)(C)c1ccc(OC(=O)c2ccc(C3(c4ccc(C(=O)c5ccc([Si](C)(C)CCCOC(=O)C=C)cc5)cc4)c4ccccc4-c4ccccc43)cc2)cc1. The number of ketones is 1. The molecule has 0 aromatic heterocycles. The second-order valence-corrected chi connectivity index (χ2v) is 27.2. The lowest BCUT2D eigenvalue weighted by Gasteiger charge is -2.34. The van der Waals surface area contributed by atoms with E-state index in [0.29, 0.717) is 35.7 Å². The first-order valence-corrected chi connectivity index (χ1v) is 28.2. The van der Waals surface area contributed by atoms with Crippen LogP contribution in [-0.2, 0) is 24.5 Å². The number of rotatable bonds is 18. The van der Waals surface area contributed by atoms with Crippen molar-refractivity contribution < 1.29 is 33.4 Å². The molecular formula is C55H54O7Si2. The van der Waals surface area contributed by atoms with E-state index < -0.39 is 39.5 Å². The number of carbonyl (C=O) groups is 4. The van der Waals surface area contributed by atoms with Gasteiger partial charge in [-0.3, -0.25) is 4.79 Å². The van der Waals surface area contributed by atoms with Crippen molar-refractivity contribution in [3.05, 3.63) is 210 Å². The Bertz CT molecular complexity index is 2630. The summed E-state index contributed by atoms with van der Waals surface area (Å²) in [6, 6.07) is 50.1. The molecule has 1 aliphatic rings. The van der Waals surface area contributed by atoms with Gasteiger partial charge in [-0.05, 0) is 70.5 Å². The van der Waals surface area contributed by atoms with Gasteiger partial charge in [-0.2, -0.15) is 0 Å². The minimum absolute atomic E-state index is 0.0535. The van der Waals surface area contributed by atoms with E-state index in [9.17, 15) is 19.2 Å². The molecule has 0 radical (unpaired) electrons. The second-order valence-electron chi connectivity index (χ2n) is 17.5. The Labute approximate surface area is 378 Å². The fourth-order valence-corrected chi connectivity index (χ4v) is 13.7. The van der Waals surface area contributed by atoms with Crippen molar-refractivity contribution in [2.75, 3.05) is 13.2 Å². The molecule has 0 fully saturated rings. The van der Waals surface area contributed by atoms with E-state index in [2.05, 4.69) is 112 Å². The first-order valence-electron chi connectivity index (χ1n) is 21.8. The number of ether oxygens (including phenoxy) is 3. The first-order chi connectivity index (χ1) is 30.8. The van der Waals surface area contributed by atoms with Crippen LogP contribution in [0, 0.1) is 0 Å². The minimum Gasteiger partial charge on any atom is -0.463 e. The summed E-state index contributed by atoms with van der Waals surface area (Å²) in [4.78, 5) is 50.4. The average Bonchev–Trinajstić information content (AvgIpc) is 3.62. The van der Waals surface area contributed by atoms with Crippen LogP contribution in [-0.4, -0.2) is 53.1 Å². The number of hydrogen-bond acceptors (Lipinski definition) is 7. The molecular weight excluding hydrogens is 829 g/mol. The summed E-state index contributed by atoms with van der Waals surface area (Å²) in [7, 11) is -3.65. The van der Waals surface area contributed by atoms with Gasteiger partial charge < -0.3 is 14.2 Å². The molecule has 7 rings (SSSR count). The Balaban J connectivity index is 1.11. The number of fused-ring (bicyclic) bond motifs is 3. The summed E-state index contributed by atoms with van der Waals surface area (Å²) in [5, 5.41) is 2.46. The number of esters is 3. The van der Waals surface area contributed by atoms with Crippen LogP contribution in [0.1, 0.15) is 61.4 Å². The Kier molecular flexibility index (Phi) is 13.7. The first kappa shape index (κ1) is 45.3. The van der Waals surface area contributed by atoms with E-state index in [1.165, 1.54) is 22.5 Å². The lowest BCUT2D eigenvalue weighted by molar-refractivity contribution is -0.138. The molecule has 6 aromatic carbocycles. The van der Waals surface area contributed by atoms with Crippen LogP contribution in [0.25, 0.3) is 11.1 Å². The molecule has 0 saturated heterocycles. The Hall–Kier alpha value is -6.69. The summed E-state index contributed by atoms with van der Waals surface area (Å²) >= 11 is 0. The van der Waals surface area contributed by atoms with E-state index in [0.717, 1.165) is 58.3 Å². The Morgan fingerprint density at radius 1 is 0.516 bits per heavy atom. The molecule has 9 heteroatoms. The third-order valence-electron chi connectivity index (χ3n) is 12.6. The van der Waals surface area contributed by atoms with Crippen molar-refractivity contribution in [3.63, 3.8) is 0 Å². The van der Waals surface area contributed by atoms with Crippen molar-refractivity contribution in [3.8, 4) is 16.9 Å². The third kappa shape index (κ3) is 9.46. The van der Waals surface area contributed by atoms with Gasteiger partial charge in [0, 0.05) is 23.3 Å². The lowest BCUT2D eigenvalue weighted by atomic mass is 9.67. The molecule has 0 aliphatic heterocycles. The highest BCUT2D eigenvalue weighted by molar-refractivity contribution is 6.90. The van der Waals surface area contributed by atoms with Crippen LogP contribution in [0.15, 0.2) is 171 Å². The lowest BCUT2D eigenvalue weighted by Crippen LogP contribution is -2.41. The highest BCUT2D eigenvalue weighted by atomic mass is 28.3. The second kappa shape index (κ2) is 19.4. The maximum absolute atomic E-state index is 14.0. The monoisotopic (exact) mass is 882 g/mol. The molecule has 0 saturated carbocycles. The van der Waals surface area contributed by atoms with Gasteiger partial charge >= 0.3 is 17.9 Å². The van der Waals surface area contributed by atoms with E-state index in [4.69, 9.17) is 14.2 Å². The van der Waals surface area contributed by atoms with Crippen LogP contribution in [0.2, 0.25) is 38.3 Å². The van der Waals surface area contributed by atoms with Gasteiger partial charge in [-0.1, -0.05) is 183 Å². The Morgan fingerprint density at radius 3 is 1.34 bits per heavy atom. The minimum atomic E-state index is -1.83. The number of hydrogen-bond donors (Lipinski definition) is 0. The molecule has 64 heavy (non-hydrogen) atoms. The predicted octanol–water partition coefficient (Wildman–Crippen LogP) is 10.6. The van der Waals surface area contributed by atoms with Gasteiger partial charge in [0.05, 0.1) is 40.3 Å². The molecule has 0 atom stereocenters. The summed E-state index contributed by atoms with van der Waals surface area (Å²) in [6.45, 7) is 16.7. The summed E-state index contributed by atoms with van der Waals surface area (Å²) < 4.78 is 16.2. The number of carbonyl (C=O) groups excluding carboxylic acids is 4. The normalized spacial score (nSPS) is 12.6. The molecule has 6 aromatic rings. The number of benzene rings is 6. The van der Waals surface area contributed by atoms with E-state index in [1.54, 1.807) is 0 Å². The zero-order chi connectivity index (χ0) is 45.5. The van der Waals surface area contributed by atoms with Crippen LogP contribution in [0.4, 0.5) is 0 Å². The smallest absolute Gasteiger partial charge is 0.343 e. The molecule has 1 aliphatic carbocycles. The van der Waals surface area contributed by atoms with Gasteiger partial charge in [0.1, 0.15) is 5.75 Å². The van der Waals surface area contributed by atoms with Gasteiger partial charge in [0.25, 0.3) is 0 Å². The van der Waals surface area contributed by atoms with Crippen molar-refractivity contribution in [2.24, 2.45) is 0 Å². The van der Waals surface area contributed by atoms with E-state index in [-0.39, 0.29) is 5.78 Å². The summed E-state index contributed by atoms with van der Waals surface area (Å²) in [5.41, 5.74) is 7.42. The maximum Gasteiger partial charge on any atom is 0.343 e. The maximum atomic E-state index is 14.0. The fourth-order valence-electron chi connectivity index (χ4n) is 8.91. The largest absolute Gasteiger partial charge is 0.463 e. The fraction of sp³-hybridized carbons (Fsp3) is 0.200. The quantitative estimate of drug-likeness (QED) is 0.0211. The van der Waals surface area contributed by atoms with Gasteiger partial charge in [0.15, 0.2) is 5.78 Å². The molecule has 0 N–H and O–H groups in total. The van der Waals surface area contributed by atoms with Crippen LogP contribution < -0.4 is 15.1 Å². The van der Waals surface area contributed by atoms with Crippen molar-refractivity contribution in [1.82, 2.24) is 0 Å². The van der Waals surface area contributed by atoms with Crippen molar-refractivity contribution in [1.29, 1.82) is 0 Å². The summed E-state index contributed by atoms with van der Waals surface area (Å²) in [5.74, 6) is -0.848. The van der Waals surface area contributed by atoms with Crippen molar-refractivity contribution >= 4 is 50.2 Å². The van der Waals surface area contributed by atoms with E-state index in [1.807, 2.05) is 72.8 Å². The Morgan fingerprint density at radius 2 is 0.906 bits per heavy atom. The van der Waals surface area contributed by atoms with E-state index >= 15 is 0 Å². The van der Waals surface area contributed by atoms with Crippen LogP contribution >= 0.6 is 0 Å². The molecule has 324 valence electrons. The predicted molar refractivity (Wildman–Crippen MR) is 260 cm³/mol. The highest BCUT2D eigenvalue weighted by Crippen LogP contribution is 2.56. The van der Waals surface area contributed by atoms with Gasteiger partial charge in [-0.15, -0.1) is 0 Å². The molecule has 0 bridgehead atoms. The molecule has 0 amide bonds. The molecule has 0 spiro atoms. The highest BCUT2D eigenvalue weighted by Gasteiger charge is 2.46. The van der Waals surface area contributed by atoms with Gasteiger partial charge in [0.2, 0.25) is 0 Å². The van der Waals surface area contributed by atoms with Crippen LogP contribution in [0.3, 0.4) is 0 Å². The van der Waals surface area contributed by atoms with Crippen LogP contribution in [0.5, 0.6) is 5.75 Å². The van der Waals surface area contributed by atoms with Crippen molar-refractivity contribution in [2.45, 2.75) is 56.5 Å². The summed E-state index contributed by atoms with van der Waals surface area (Å²) in [6.07, 6.45) is 3.90. The van der Waals surface area contributed by atoms with Gasteiger partial charge in [-0.25, -0.2) is 14.4 Å².